The van der Waals surface area contributed by atoms with Crippen LogP contribution in [0, 0.1) is 22.5 Å². The summed E-state index contributed by atoms with van der Waals surface area (Å²) in [5.74, 6) is -1.29. The number of rotatable bonds is 7. The number of anilines is 1. The molecular formula is C24H20F2N2O3. The van der Waals surface area contributed by atoms with E-state index < -0.39 is 17.8 Å². The molecular weight excluding hydrogens is 402 g/mol. The second kappa shape index (κ2) is 8.73. The van der Waals surface area contributed by atoms with Gasteiger partial charge in [-0.1, -0.05) is 24.3 Å². The predicted molar refractivity (Wildman–Crippen MR) is 113 cm³/mol. The molecule has 0 aliphatic carbocycles. The van der Waals surface area contributed by atoms with Gasteiger partial charge in [0, 0.05) is 5.69 Å². The zero-order chi connectivity index (χ0) is 22.0. The van der Waals surface area contributed by atoms with Gasteiger partial charge < -0.3 is 10.0 Å². The maximum absolute atomic E-state index is 13.4. The lowest BCUT2D eigenvalue weighted by Crippen LogP contribution is -2.55. The van der Waals surface area contributed by atoms with Crippen LogP contribution in [0.5, 0.6) is 0 Å². The summed E-state index contributed by atoms with van der Waals surface area (Å²) in [4.78, 5) is 25.3. The van der Waals surface area contributed by atoms with Crippen LogP contribution in [0.2, 0.25) is 0 Å². The summed E-state index contributed by atoms with van der Waals surface area (Å²) in [5.41, 5.74) is 2.26. The SMILES string of the molecule is O=Nc1ccc([C@@H]2[C@@H](CC[C@H](O)c3ccc(F)cc3)C(=O)N2c2ccc(F)cc2)cc1. The summed E-state index contributed by atoms with van der Waals surface area (Å²) in [5, 5.41) is 13.4. The van der Waals surface area contributed by atoms with Gasteiger partial charge in [0.2, 0.25) is 5.91 Å². The molecule has 1 saturated heterocycles. The highest BCUT2D eigenvalue weighted by molar-refractivity contribution is 6.03. The number of nitroso groups, excluding NO2 is 1. The van der Waals surface area contributed by atoms with Gasteiger partial charge in [0.25, 0.3) is 0 Å². The normalized spacial score (nSPS) is 19.1. The lowest BCUT2D eigenvalue weighted by Gasteiger charge is -2.48. The quantitative estimate of drug-likeness (QED) is 0.399. The molecule has 1 aliphatic rings. The number of nitrogens with zero attached hydrogens (tertiary/aromatic N) is 2. The fraction of sp³-hybridized carbons (Fsp3) is 0.208. The van der Waals surface area contributed by atoms with Gasteiger partial charge in [0.15, 0.2) is 0 Å². The van der Waals surface area contributed by atoms with Crippen LogP contribution in [0.15, 0.2) is 78.0 Å². The lowest BCUT2D eigenvalue weighted by molar-refractivity contribution is -0.131. The van der Waals surface area contributed by atoms with Crippen molar-refractivity contribution in [2.45, 2.75) is 25.0 Å². The van der Waals surface area contributed by atoms with Crippen molar-refractivity contribution in [3.8, 4) is 0 Å². The second-order valence-electron chi connectivity index (χ2n) is 7.56. The molecule has 0 saturated carbocycles. The first-order chi connectivity index (χ1) is 15.0. The molecule has 0 spiro atoms. The van der Waals surface area contributed by atoms with E-state index in [1.807, 2.05) is 0 Å². The van der Waals surface area contributed by atoms with Gasteiger partial charge in [-0.3, -0.25) is 4.79 Å². The first-order valence-corrected chi connectivity index (χ1v) is 9.93. The summed E-state index contributed by atoms with van der Waals surface area (Å²) in [6.07, 6.45) is -0.0902. The molecule has 0 radical (unpaired) electrons. The molecule has 1 aliphatic heterocycles. The Morgan fingerprint density at radius 1 is 0.903 bits per heavy atom. The summed E-state index contributed by atoms with van der Waals surface area (Å²) in [6.45, 7) is 0. The van der Waals surface area contributed by atoms with Crippen LogP contribution in [0.3, 0.4) is 0 Å². The number of carbonyl (C=O) groups is 1. The molecule has 0 unspecified atom stereocenters. The van der Waals surface area contributed by atoms with Crippen LogP contribution < -0.4 is 4.90 Å². The van der Waals surface area contributed by atoms with Crippen molar-refractivity contribution in [1.82, 2.24) is 0 Å². The average Bonchev–Trinajstić information content (AvgIpc) is 2.79. The number of carbonyl (C=O) groups excluding carboxylic acids is 1. The molecule has 3 aromatic rings. The van der Waals surface area contributed by atoms with Crippen molar-refractivity contribution < 1.29 is 18.7 Å². The van der Waals surface area contributed by atoms with E-state index in [1.165, 1.54) is 36.4 Å². The van der Waals surface area contributed by atoms with Gasteiger partial charge >= 0.3 is 0 Å². The van der Waals surface area contributed by atoms with E-state index in [1.54, 1.807) is 41.3 Å². The Balaban J connectivity index is 1.56. The van der Waals surface area contributed by atoms with Crippen LogP contribution in [0.25, 0.3) is 0 Å². The van der Waals surface area contributed by atoms with Gasteiger partial charge in [0.05, 0.1) is 18.1 Å². The molecule has 31 heavy (non-hydrogen) atoms. The number of amides is 1. The van der Waals surface area contributed by atoms with E-state index in [-0.39, 0.29) is 23.5 Å². The molecule has 1 N–H and O–H groups in total. The topological polar surface area (TPSA) is 70.0 Å². The third-order valence-corrected chi connectivity index (χ3v) is 5.66. The highest BCUT2D eigenvalue weighted by atomic mass is 19.1. The van der Waals surface area contributed by atoms with Crippen molar-refractivity contribution in [1.29, 1.82) is 0 Å². The fourth-order valence-electron chi connectivity index (χ4n) is 4.02. The maximum atomic E-state index is 13.4. The van der Waals surface area contributed by atoms with Gasteiger partial charge in [0.1, 0.15) is 17.3 Å². The summed E-state index contributed by atoms with van der Waals surface area (Å²) in [7, 11) is 0. The molecule has 1 amide bonds. The molecule has 7 heteroatoms. The number of aliphatic hydroxyl groups is 1. The van der Waals surface area contributed by atoms with Crippen molar-refractivity contribution in [2.24, 2.45) is 11.1 Å². The van der Waals surface area contributed by atoms with Crippen LogP contribution >= 0.6 is 0 Å². The van der Waals surface area contributed by atoms with Crippen molar-refractivity contribution in [3.63, 3.8) is 0 Å². The maximum Gasteiger partial charge on any atom is 0.233 e. The van der Waals surface area contributed by atoms with Crippen molar-refractivity contribution >= 4 is 17.3 Å². The van der Waals surface area contributed by atoms with Gasteiger partial charge in [-0.25, -0.2) is 8.78 Å². The Kier molecular flexibility index (Phi) is 5.86. The molecule has 5 nitrogen and oxygen atoms in total. The van der Waals surface area contributed by atoms with Crippen LogP contribution in [-0.2, 0) is 4.79 Å². The summed E-state index contributed by atoms with van der Waals surface area (Å²) in [6, 6.07) is 17.6. The molecule has 4 rings (SSSR count). The molecule has 158 valence electrons. The smallest absolute Gasteiger partial charge is 0.233 e. The molecule has 1 heterocycles. The van der Waals surface area contributed by atoms with Crippen molar-refractivity contribution in [3.05, 3.63) is 100 Å². The second-order valence-corrected chi connectivity index (χ2v) is 7.56. The number of hydrogen-bond donors (Lipinski definition) is 1. The standard InChI is InChI=1S/C24H20F2N2O3/c25-17-5-1-15(2-6-17)22(29)14-13-21-23(16-3-9-19(27-31)10-4-16)28(24(21)30)20-11-7-18(26)8-12-20/h1-12,21-23,29H,13-14H2/t21-,22+,23-/m1/s1. The first-order valence-electron chi connectivity index (χ1n) is 9.93. The molecule has 3 aromatic carbocycles. The third kappa shape index (κ3) is 4.22. The van der Waals surface area contributed by atoms with Crippen LogP contribution in [-0.4, -0.2) is 11.0 Å². The summed E-state index contributed by atoms with van der Waals surface area (Å²) >= 11 is 0. The minimum absolute atomic E-state index is 0.125. The Bertz CT molecular complexity index is 1070. The van der Waals surface area contributed by atoms with E-state index in [0.717, 1.165) is 5.56 Å². The Morgan fingerprint density at radius 3 is 2.06 bits per heavy atom. The van der Waals surface area contributed by atoms with Gasteiger partial charge in [-0.05, 0) is 77.7 Å². The molecule has 0 aromatic heterocycles. The molecule has 3 atom stereocenters. The number of benzene rings is 3. The molecule has 0 bridgehead atoms. The number of hydrogen-bond acceptors (Lipinski definition) is 4. The van der Waals surface area contributed by atoms with Crippen LogP contribution in [0.1, 0.15) is 36.1 Å². The molecule has 1 fully saturated rings. The Morgan fingerprint density at radius 2 is 1.48 bits per heavy atom. The van der Waals surface area contributed by atoms with E-state index in [4.69, 9.17) is 0 Å². The largest absolute Gasteiger partial charge is 0.388 e. The fourth-order valence-corrected chi connectivity index (χ4v) is 4.02. The Hall–Kier alpha value is -3.45. The predicted octanol–water partition coefficient (Wildman–Crippen LogP) is 5.58. The zero-order valence-corrected chi connectivity index (χ0v) is 16.5. The van der Waals surface area contributed by atoms with Gasteiger partial charge in [-0.15, -0.1) is 4.91 Å². The minimum atomic E-state index is -0.824. The number of halogens is 2. The zero-order valence-electron chi connectivity index (χ0n) is 16.5. The Labute approximate surface area is 177 Å². The first kappa shape index (κ1) is 20.8. The monoisotopic (exact) mass is 422 g/mol. The third-order valence-electron chi connectivity index (χ3n) is 5.66. The van der Waals surface area contributed by atoms with Crippen LogP contribution in [0.4, 0.5) is 20.2 Å². The minimum Gasteiger partial charge on any atom is -0.388 e. The van der Waals surface area contributed by atoms with E-state index in [9.17, 15) is 23.6 Å². The number of β-lactam (4-membered cyclic amide) rings is 1. The van der Waals surface area contributed by atoms with Crippen molar-refractivity contribution in [2.75, 3.05) is 4.90 Å². The average molecular weight is 422 g/mol. The highest BCUT2D eigenvalue weighted by Gasteiger charge is 2.48. The van der Waals surface area contributed by atoms with E-state index in [2.05, 4.69) is 5.18 Å². The summed E-state index contributed by atoms with van der Waals surface area (Å²) < 4.78 is 26.5. The highest BCUT2D eigenvalue weighted by Crippen LogP contribution is 2.46. The van der Waals surface area contributed by atoms with E-state index >= 15 is 0 Å². The van der Waals surface area contributed by atoms with Gasteiger partial charge in [-0.2, -0.15) is 0 Å². The lowest BCUT2D eigenvalue weighted by atomic mass is 9.78. The number of aliphatic hydroxyl groups excluding tert-OH is 1. The van der Waals surface area contributed by atoms with E-state index in [0.29, 0.717) is 24.1 Å².